The quantitative estimate of drug-likeness (QED) is 0.657. The zero-order valence-corrected chi connectivity index (χ0v) is 17.0. The Hall–Kier alpha value is -3.49. The third kappa shape index (κ3) is 3.79. The first-order valence-corrected chi connectivity index (χ1v) is 10.4. The highest BCUT2D eigenvalue weighted by Gasteiger charge is 2.47. The normalized spacial score (nSPS) is 22.2. The van der Waals surface area contributed by atoms with Crippen molar-refractivity contribution in [2.75, 3.05) is 11.9 Å². The Kier molecular flexibility index (Phi) is 5.03. The second kappa shape index (κ2) is 7.89. The number of alkyl halides is 3. The van der Waals surface area contributed by atoms with Crippen molar-refractivity contribution in [2.45, 2.75) is 31.1 Å². The lowest BCUT2D eigenvalue weighted by Crippen LogP contribution is -2.47. The van der Waals surface area contributed by atoms with E-state index in [0.29, 0.717) is 35.2 Å². The van der Waals surface area contributed by atoms with Crippen LogP contribution in [0.4, 0.5) is 19.0 Å². The number of carbonyl (C=O) groups is 1. The van der Waals surface area contributed by atoms with Crippen LogP contribution in [0.1, 0.15) is 28.8 Å². The molecule has 32 heavy (non-hydrogen) atoms. The Balaban J connectivity index is 1.35. The zero-order valence-electron chi connectivity index (χ0n) is 17.0. The number of carbonyl (C=O) groups excluding carboxylic acids is 1. The number of halogens is 3. The smallest absolute Gasteiger partial charge is 0.365 e. The van der Waals surface area contributed by atoms with Gasteiger partial charge in [-0.25, -0.2) is 4.98 Å². The number of rotatable bonds is 4. The lowest BCUT2D eigenvalue weighted by atomic mass is 10.0. The fourth-order valence-electron chi connectivity index (χ4n) is 4.69. The summed E-state index contributed by atoms with van der Waals surface area (Å²) in [6.07, 6.45) is 1.40. The van der Waals surface area contributed by atoms with Gasteiger partial charge in [0.25, 0.3) is 5.91 Å². The van der Waals surface area contributed by atoms with Gasteiger partial charge in [0.15, 0.2) is 0 Å². The van der Waals surface area contributed by atoms with Gasteiger partial charge < -0.3 is 10.2 Å². The van der Waals surface area contributed by atoms with E-state index in [2.05, 4.69) is 20.3 Å². The molecule has 164 valence electrons. The summed E-state index contributed by atoms with van der Waals surface area (Å²) in [5, 5.41) is 3.23. The number of nitrogens with one attached hydrogen (secondary N) is 1. The van der Waals surface area contributed by atoms with Gasteiger partial charge in [-0.1, -0.05) is 6.07 Å². The van der Waals surface area contributed by atoms with Gasteiger partial charge in [-0.3, -0.25) is 14.8 Å². The second-order valence-corrected chi connectivity index (χ2v) is 8.16. The van der Waals surface area contributed by atoms with Gasteiger partial charge >= 0.3 is 6.18 Å². The van der Waals surface area contributed by atoms with Crippen molar-refractivity contribution < 1.29 is 18.0 Å². The summed E-state index contributed by atoms with van der Waals surface area (Å²) >= 11 is 0. The molecular formula is C23H20F3N5O. The summed E-state index contributed by atoms with van der Waals surface area (Å²) in [4.78, 5) is 28.0. The lowest BCUT2D eigenvalue weighted by Gasteiger charge is -2.34. The van der Waals surface area contributed by atoms with Gasteiger partial charge in [0.2, 0.25) is 0 Å². The van der Waals surface area contributed by atoms with E-state index in [4.69, 9.17) is 0 Å². The molecule has 0 radical (unpaired) electrons. The SMILES string of the molecule is O=C(c1cccnc1-c1ccccn1)N1CC2CC(Nc3ccc(C(F)(F)F)cn3)C1C2. The molecule has 3 aromatic rings. The Morgan fingerprint density at radius 3 is 2.53 bits per heavy atom. The average molecular weight is 439 g/mol. The third-order valence-corrected chi connectivity index (χ3v) is 6.11. The number of aromatic nitrogens is 3. The molecule has 0 spiro atoms. The molecule has 6 nitrogen and oxygen atoms in total. The molecule has 3 aromatic heterocycles. The number of pyridine rings is 3. The minimum Gasteiger partial charge on any atom is -0.365 e. The predicted octanol–water partition coefficient (Wildman–Crippen LogP) is 4.27. The zero-order chi connectivity index (χ0) is 22.3. The van der Waals surface area contributed by atoms with Gasteiger partial charge in [-0.15, -0.1) is 0 Å². The number of hydrogen-bond donors (Lipinski definition) is 1. The Labute approximate surface area is 182 Å². The molecule has 2 fully saturated rings. The molecule has 3 atom stereocenters. The van der Waals surface area contributed by atoms with Crippen molar-refractivity contribution in [1.29, 1.82) is 0 Å². The van der Waals surface area contributed by atoms with E-state index < -0.39 is 11.7 Å². The summed E-state index contributed by atoms with van der Waals surface area (Å²) < 4.78 is 38.4. The van der Waals surface area contributed by atoms with Crippen molar-refractivity contribution in [3.05, 3.63) is 72.2 Å². The Morgan fingerprint density at radius 1 is 1.00 bits per heavy atom. The summed E-state index contributed by atoms with van der Waals surface area (Å²) in [6, 6.07) is 11.2. The van der Waals surface area contributed by atoms with Gasteiger partial charge in [0, 0.05) is 31.2 Å². The molecule has 3 unspecified atom stereocenters. The minimum absolute atomic E-state index is 0.0617. The first-order valence-electron chi connectivity index (χ1n) is 10.4. The van der Waals surface area contributed by atoms with E-state index in [-0.39, 0.29) is 18.0 Å². The Bertz CT molecular complexity index is 1120. The van der Waals surface area contributed by atoms with Crippen molar-refractivity contribution in [2.24, 2.45) is 5.92 Å². The molecular weight excluding hydrogens is 419 g/mol. The monoisotopic (exact) mass is 439 g/mol. The van der Waals surface area contributed by atoms with Crippen LogP contribution in [0.5, 0.6) is 0 Å². The number of amides is 1. The minimum atomic E-state index is -4.42. The van der Waals surface area contributed by atoms with Crippen LogP contribution in [-0.2, 0) is 6.18 Å². The summed E-state index contributed by atoms with van der Waals surface area (Å²) in [6.45, 7) is 0.651. The van der Waals surface area contributed by atoms with Crippen molar-refractivity contribution >= 4 is 11.7 Å². The van der Waals surface area contributed by atoms with Crippen LogP contribution in [0, 0.1) is 5.92 Å². The number of nitrogens with zero attached hydrogens (tertiary/aromatic N) is 4. The van der Waals surface area contributed by atoms with E-state index in [1.807, 2.05) is 17.0 Å². The second-order valence-electron chi connectivity index (χ2n) is 8.16. The van der Waals surface area contributed by atoms with E-state index in [9.17, 15) is 18.0 Å². The number of piperidine rings is 1. The van der Waals surface area contributed by atoms with E-state index >= 15 is 0 Å². The fourth-order valence-corrected chi connectivity index (χ4v) is 4.69. The molecule has 1 saturated heterocycles. The standard InChI is InChI=1S/C23H20F3N5O/c24-23(25,26)15-6-7-20(29-12-15)30-18-10-14-11-19(18)31(13-14)22(32)16-4-3-9-28-21(16)17-5-1-2-8-27-17/h1-9,12,14,18-19H,10-11,13H2,(H,29,30). The fraction of sp³-hybridized carbons (Fsp3) is 0.304. The number of fused-ring (bicyclic) bond motifs is 2. The van der Waals surface area contributed by atoms with Crippen LogP contribution < -0.4 is 5.32 Å². The summed E-state index contributed by atoms with van der Waals surface area (Å²) in [5.41, 5.74) is 0.871. The first-order chi connectivity index (χ1) is 15.4. The molecule has 1 aliphatic heterocycles. The maximum atomic E-state index is 13.5. The maximum absolute atomic E-state index is 13.5. The van der Waals surface area contributed by atoms with Crippen LogP contribution in [0.25, 0.3) is 11.4 Å². The molecule has 5 rings (SSSR count). The maximum Gasteiger partial charge on any atom is 0.417 e. The van der Waals surface area contributed by atoms with Crippen molar-refractivity contribution in [1.82, 2.24) is 19.9 Å². The highest BCUT2D eigenvalue weighted by atomic mass is 19.4. The predicted molar refractivity (Wildman–Crippen MR) is 112 cm³/mol. The van der Waals surface area contributed by atoms with Crippen molar-refractivity contribution in [3.8, 4) is 11.4 Å². The van der Waals surface area contributed by atoms with Crippen LogP contribution in [0.15, 0.2) is 61.1 Å². The molecule has 9 heteroatoms. The first kappa shape index (κ1) is 20.4. The average Bonchev–Trinajstić information content (AvgIpc) is 3.40. The number of anilines is 1. The number of hydrogen-bond acceptors (Lipinski definition) is 5. The van der Waals surface area contributed by atoms with Gasteiger partial charge in [0.05, 0.1) is 22.9 Å². The molecule has 0 aromatic carbocycles. The molecule has 1 N–H and O–H groups in total. The molecule has 2 bridgehead atoms. The van der Waals surface area contributed by atoms with Gasteiger partial charge in [0.1, 0.15) is 11.5 Å². The van der Waals surface area contributed by atoms with Gasteiger partial charge in [-0.2, -0.15) is 13.2 Å². The Morgan fingerprint density at radius 2 is 1.84 bits per heavy atom. The molecule has 1 aliphatic carbocycles. The summed E-state index contributed by atoms with van der Waals surface area (Å²) in [5.74, 6) is 0.600. The van der Waals surface area contributed by atoms with Crippen LogP contribution >= 0.6 is 0 Å². The molecule has 2 aliphatic rings. The van der Waals surface area contributed by atoms with Crippen LogP contribution in [0.3, 0.4) is 0 Å². The van der Waals surface area contributed by atoms with Crippen LogP contribution in [0.2, 0.25) is 0 Å². The van der Waals surface area contributed by atoms with E-state index in [1.165, 1.54) is 6.07 Å². The topological polar surface area (TPSA) is 71.0 Å². The lowest BCUT2D eigenvalue weighted by molar-refractivity contribution is -0.137. The van der Waals surface area contributed by atoms with E-state index in [1.54, 1.807) is 30.6 Å². The highest BCUT2D eigenvalue weighted by Crippen LogP contribution is 2.40. The summed E-state index contributed by atoms with van der Waals surface area (Å²) in [7, 11) is 0. The van der Waals surface area contributed by atoms with Crippen molar-refractivity contribution in [3.63, 3.8) is 0 Å². The van der Waals surface area contributed by atoms with E-state index in [0.717, 1.165) is 25.1 Å². The van der Waals surface area contributed by atoms with Gasteiger partial charge in [-0.05, 0) is 55.2 Å². The highest BCUT2D eigenvalue weighted by molar-refractivity contribution is 6.00. The molecule has 4 heterocycles. The number of likely N-dealkylation sites (tertiary alicyclic amines) is 1. The third-order valence-electron chi connectivity index (χ3n) is 6.11. The van der Waals surface area contributed by atoms with Crippen LogP contribution in [-0.4, -0.2) is 44.4 Å². The molecule has 1 saturated carbocycles. The largest absolute Gasteiger partial charge is 0.417 e. The molecule has 1 amide bonds.